The Morgan fingerprint density at radius 1 is 1.25 bits per heavy atom. The van der Waals surface area contributed by atoms with Crippen LogP contribution in [-0.2, 0) is 4.79 Å². The molecule has 0 aliphatic heterocycles. The molecule has 0 aromatic rings. The van der Waals surface area contributed by atoms with Gasteiger partial charge in [0.15, 0.2) is 0 Å². The summed E-state index contributed by atoms with van der Waals surface area (Å²) in [6.07, 6.45) is 6.53. The summed E-state index contributed by atoms with van der Waals surface area (Å²) in [7, 11) is 0. The van der Waals surface area contributed by atoms with Crippen molar-refractivity contribution in [3.05, 3.63) is 0 Å². The van der Waals surface area contributed by atoms with E-state index in [0.29, 0.717) is 11.5 Å². The van der Waals surface area contributed by atoms with Gasteiger partial charge in [-0.3, -0.25) is 4.79 Å². The highest BCUT2D eigenvalue weighted by Crippen LogP contribution is 2.33. The largest absolute Gasteiger partial charge is 0.355 e. The summed E-state index contributed by atoms with van der Waals surface area (Å²) < 4.78 is 0. The molecular formula is C13H26N2O. The Kier molecular flexibility index (Phi) is 5.26. The van der Waals surface area contributed by atoms with Crippen LogP contribution >= 0.6 is 0 Å². The van der Waals surface area contributed by atoms with Gasteiger partial charge in [-0.1, -0.05) is 20.3 Å². The van der Waals surface area contributed by atoms with Crippen molar-refractivity contribution in [3.8, 4) is 0 Å². The summed E-state index contributed by atoms with van der Waals surface area (Å²) >= 11 is 0. The minimum atomic E-state index is 0.0591. The van der Waals surface area contributed by atoms with Crippen LogP contribution in [-0.4, -0.2) is 25.0 Å². The molecule has 0 radical (unpaired) electrons. The fraction of sp³-hybridized carbons (Fsp3) is 0.923. The smallest absolute Gasteiger partial charge is 0.216 e. The number of hydrogen-bond acceptors (Lipinski definition) is 2. The van der Waals surface area contributed by atoms with Gasteiger partial charge in [-0.2, -0.15) is 0 Å². The zero-order chi connectivity index (χ0) is 12.0. The zero-order valence-electron chi connectivity index (χ0n) is 10.9. The van der Waals surface area contributed by atoms with Gasteiger partial charge in [-0.15, -0.1) is 0 Å². The lowest BCUT2D eigenvalue weighted by molar-refractivity contribution is -0.118. The second-order valence-corrected chi connectivity index (χ2v) is 5.73. The van der Waals surface area contributed by atoms with Crippen molar-refractivity contribution >= 4 is 5.91 Å². The maximum atomic E-state index is 10.7. The fourth-order valence-electron chi connectivity index (χ4n) is 2.38. The standard InChI is InChI=1S/C13H26N2O/c1-11(16)14-9-10-15-12-5-4-7-13(2,3)8-6-12/h12,15H,4-10H2,1-3H3,(H,14,16). The Morgan fingerprint density at radius 2 is 2.00 bits per heavy atom. The first-order valence-corrected chi connectivity index (χ1v) is 6.47. The van der Waals surface area contributed by atoms with Crippen molar-refractivity contribution in [1.29, 1.82) is 0 Å². The second-order valence-electron chi connectivity index (χ2n) is 5.73. The monoisotopic (exact) mass is 226 g/mol. The Labute approximate surface area is 99.4 Å². The predicted octanol–water partition coefficient (Wildman–Crippen LogP) is 2.07. The molecule has 0 heterocycles. The van der Waals surface area contributed by atoms with Crippen molar-refractivity contribution in [3.63, 3.8) is 0 Å². The van der Waals surface area contributed by atoms with Crippen molar-refractivity contribution < 1.29 is 4.79 Å². The Morgan fingerprint density at radius 3 is 2.69 bits per heavy atom. The van der Waals surface area contributed by atoms with E-state index in [2.05, 4.69) is 24.5 Å². The maximum absolute atomic E-state index is 10.7. The van der Waals surface area contributed by atoms with Crippen LogP contribution in [0.1, 0.15) is 52.9 Å². The molecule has 94 valence electrons. The van der Waals surface area contributed by atoms with Crippen molar-refractivity contribution in [2.24, 2.45) is 5.41 Å². The SMILES string of the molecule is CC(=O)NCCNC1CCCC(C)(C)CC1. The molecule has 0 aromatic carbocycles. The molecule has 0 aromatic heterocycles. The molecule has 1 aliphatic rings. The summed E-state index contributed by atoms with van der Waals surface area (Å²) in [6.45, 7) is 7.94. The van der Waals surface area contributed by atoms with Crippen LogP contribution in [0.15, 0.2) is 0 Å². The lowest BCUT2D eigenvalue weighted by Gasteiger charge is -2.22. The average molecular weight is 226 g/mol. The topological polar surface area (TPSA) is 41.1 Å². The Hall–Kier alpha value is -0.570. The van der Waals surface area contributed by atoms with E-state index in [-0.39, 0.29) is 5.91 Å². The molecule has 1 saturated carbocycles. The van der Waals surface area contributed by atoms with Crippen molar-refractivity contribution in [1.82, 2.24) is 10.6 Å². The Bertz CT molecular complexity index is 226. The molecule has 0 bridgehead atoms. The van der Waals surface area contributed by atoms with Crippen LogP contribution in [0.4, 0.5) is 0 Å². The second kappa shape index (κ2) is 6.24. The molecule has 0 spiro atoms. The van der Waals surface area contributed by atoms with E-state index >= 15 is 0 Å². The first kappa shape index (κ1) is 13.5. The molecule has 3 nitrogen and oxygen atoms in total. The molecule has 1 fully saturated rings. The Balaban J connectivity index is 2.15. The number of hydrogen-bond donors (Lipinski definition) is 2. The predicted molar refractivity (Wildman–Crippen MR) is 67.3 cm³/mol. The summed E-state index contributed by atoms with van der Waals surface area (Å²) in [4.78, 5) is 10.7. The van der Waals surface area contributed by atoms with Crippen LogP contribution in [0.2, 0.25) is 0 Å². The lowest BCUT2D eigenvalue weighted by Crippen LogP contribution is -2.36. The molecule has 1 aliphatic carbocycles. The molecule has 16 heavy (non-hydrogen) atoms. The molecule has 2 N–H and O–H groups in total. The summed E-state index contributed by atoms with van der Waals surface area (Å²) in [5, 5.41) is 6.36. The van der Waals surface area contributed by atoms with E-state index in [1.54, 1.807) is 6.92 Å². The summed E-state index contributed by atoms with van der Waals surface area (Å²) in [5.74, 6) is 0.0591. The summed E-state index contributed by atoms with van der Waals surface area (Å²) in [5.41, 5.74) is 0.522. The first-order valence-electron chi connectivity index (χ1n) is 6.47. The lowest BCUT2D eigenvalue weighted by atomic mass is 9.85. The molecule has 1 unspecified atom stereocenters. The number of rotatable bonds is 4. The van der Waals surface area contributed by atoms with E-state index in [0.717, 1.165) is 13.1 Å². The molecule has 1 rings (SSSR count). The van der Waals surface area contributed by atoms with E-state index in [1.165, 1.54) is 32.1 Å². The van der Waals surface area contributed by atoms with E-state index in [1.807, 2.05) is 0 Å². The van der Waals surface area contributed by atoms with Crippen LogP contribution < -0.4 is 10.6 Å². The molecule has 1 atom stereocenters. The van der Waals surface area contributed by atoms with E-state index in [9.17, 15) is 4.79 Å². The third kappa shape index (κ3) is 5.50. The fourth-order valence-corrected chi connectivity index (χ4v) is 2.38. The number of amides is 1. The van der Waals surface area contributed by atoms with Crippen molar-refractivity contribution in [2.75, 3.05) is 13.1 Å². The average Bonchev–Trinajstić information content (AvgIpc) is 2.34. The van der Waals surface area contributed by atoms with Gasteiger partial charge in [0, 0.05) is 26.1 Å². The molecule has 1 amide bonds. The minimum absolute atomic E-state index is 0.0591. The first-order chi connectivity index (χ1) is 7.49. The van der Waals surface area contributed by atoms with Crippen LogP contribution in [0, 0.1) is 5.41 Å². The highest BCUT2D eigenvalue weighted by molar-refractivity contribution is 5.72. The van der Waals surface area contributed by atoms with Crippen LogP contribution in [0.25, 0.3) is 0 Å². The van der Waals surface area contributed by atoms with Gasteiger partial charge in [0.25, 0.3) is 0 Å². The zero-order valence-corrected chi connectivity index (χ0v) is 10.9. The molecular weight excluding hydrogens is 200 g/mol. The van der Waals surface area contributed by atoms with Crippen LogP contribution in [0.5, 0.6) is 0 Å². The normalized spacial score (nSPS) is 24.8. The number of carbonyl (C=O) groups is 1. The van der Waals surface area contributed by atoms with Crippen LogP contribution in [0.3, 0.4) is 0 Å². The highest BCUT2D eigenvalue weighted by atomic mass is 16.1. The third-order valence-corrected chi connectivity index (χ3v) is 3.51. The van der Waals surface area contributed by atoms with Gasteiger partial charge in [-0.25, -0.2) is 0 Å². The number of carbonyl (C=O) groups excluding carboxylic acids is 1. The highest BCUT2D eigenvalue weighted by Gasteiger charge is 2.23. The third-order valence-electron chi connectivity index (χ3n) is 3.51. The molecule has 0 saturated heterocycles. The minimum Gasteiger partial charge on any atom is -0.355 e. The van der Waals surface area contributed by atoms with Gasteiger partial charge >= 0.3 is 0 Å². The van der Waals surface area contributed by atoms with Gasteiger partial charge in [0.1, 0.15) is 0 Å². The van der Waals surface area contributed by atoms with Gasteiger partial charge in [-0.05, 0) is 31.1 Å². The quantitative estimate of drug-likeness (QED) is 0.569. The molecule has 3 heteroatoms. The number of nitrogens with one attached hydrogen (secondary N) is 2. The maximum Gasteiger partial charge on any atom is 0.216 e. The van der Waals surface area contributed by atoms with Gasteiger partial charge < -0.3 is 10.6 Å². The van der Waals surface area contributed by atoms with E-state index < -0.39 is 0 Å². The van der Waals surface area contributed by atoms with Crippen molar-refractivity contribution in [2.45, 2.75) is 58.9 Å². The van der Waals surface area contributed by atoms with Gasteiger partial charge in [0.05, 0.1) is 0 Å². The summed E-state index contributed by atoms with van der Waals surface area (Å²) in [6, 6.07) is 0.649. The van der Waals surface area contributed by atoms with Gasteiger partial charge in [0.2, 0.25) is 5.91 Å². The van der Waals surface area contributed by atoms with E-state index in [4.69, 9.17) is 0 Å².